The van der Waals surface area contributed by atoms with Crippen LogP contribution in [-0.4, -0.2) is 79.1 Å². The van der Waals surface area contributed by atoms with Crippen molar-refractivity contribution in [2.75, 3.05) is 5.32 Å². The summed E-state index contributed by atoms with van der Waals surface area (Å²) in [6, 6.07) is 41.4. The fraction of sp³-hybridized carbons (Fsp3) is 0.0816. The zero-order valence-corrected chi connectivity index (χ0v) is 45.7. The van der Waals surface area contributed by atoms with Crippen LogP contribution in [0.4, 0.5) is 57.1 Å². The van der Waals surface area contributed by atoms with Crippen LogP contribution in [0.5, 0.6) is 0 Å². The Kier molecular flexibility index (Phi) is 20.7. The zero-order chi connectivity index (χ0) is 58.9. The first-order valence-corrected chi connectivity index (χ1v) is 28.9. The number of aryl methyl sites for hydroxylation is 2. The molecule has 8 rings (SSSR count). The molecule has 0 amide bonds. The van der Waals surface area contributed by atoms with Crippen LogP contribution in [0.2, 0.25) is 0 Å². The van der Waals surface area contributed by atoms with Gasteiger partial charge < -0.3 is 5.32 Å². The number of nitrogens with one attached hydrogen (secondary N) is 1. The van der Waals surface area contributed by atoms with Crippen molar-refractivity contribution in [3.05, 3.63) is 192 Å². The average Bonchev–Trinajstić information content (AvgIpc) is 3.39. The van der Waals surface area contributed by atoms with Gasteiger partial charge in [-0.05, 0) is 151 Å². The predicted octanol–water partition coefficient (Wildman–Crippen LogP) is 10.8. The summed E-state index contributed by atoms with van der Waals surface area (Å²) in [6.45, 7) is 3.69. The van der Waals surface area contributed by atoms with Crippen molar-refractivity contribution in [2.45, 2.75) is 41.4 Å². The molecule has 8 aromatic rings. The van der Waals surface area contributed by atoms with Crippen molar-refractivity contribution < 1.29 is 64.2 Å². The van der Waals surface area contributed by atoms with Crippen LogP contribution in [0.3, 0.4) is 0 Å². The molecule has 0 saturated heterocycles. The molecule has 0 atom stereocenters. The predicted molar refractivity (Wildman–Crippen MR) is 289 cm³/mol. The van der Waals surface area contributed by atoms with Gasteiger partial charge in [-0.2, -0.15) is 71.0 Å². The highest BCUT2D eigenvalue weighted by Crippen LogP contribution is 2.33. The Labute approximate surface area is 464 Å². The maximum Gasteiger partial charge on any atom is 0.425 e. The van der Waals surface area contributed by atoms with Crippen molar-refractivity contribution in [3.63, 3.8) is 0 Å². The van der Waals surface area contributed by atoms with Gasteiger partial charge in [0.15, 0.2) is 0 Å². The number of azo groups is 4. The van der Waals surface area contributed by atoms with E-state index in [9.17, 15) is 34.4 Å². The van der Waals surface area contributed by atoms with Crippen LogP contribution in [0, 0.1) is 13.8 Å². The first-order valence-electron chi connectivity index (χ1n) is 22.6. The Hall–Kier alpha value is -9.28. The summed E-state index contributed by atoms with van der Waals surface area (Å²) in [5.41, 5.74) is 6.72. The quantitative estimate of drug-likeness (QED) is 0.0486. The highest BCUT2D eigenvalue weighted by Gasteiger charge is 2.18. The van der Waals surface area contributed by atoms with E-state index in [1.807, 2.05) is 37.3 Å². The third kappa shape index (κ3) is 19.8. The molecule has 0 radical (unpaired) electrons. The van der Waals surface area contributed by atoms with Crippen LogP contribution < -0.4 is 5.32 Å². The second kappa shape index (κ2) is 27.5. The molecule has 4 N–H and O–H groups in total. The molecule has 1 heterocycles. The first kappa shape index (κ1) is 60.9. The summed E-state index contributed by atoms with van der Waals surface area (Å²) >= 11 is 0. The number of anilines is 2. The number of hydrogen-bond acceptors (Lipinski definition) is 24. The minimum atomic E-state index is -4.72. The first-order chi connectivity index (χ1) is 38.3. The maximum absolute atomic E-state index is 12.4. The van der Waals surface area contributed by atoms with Crippen molar-refractivity contribution in [1.82, 2.24) is 15.0 Å². The van der Waals surface area contributed by atoms with Crippen LogP contribution in [0.15, 0.2) is 213 Å². The fourth-order valence-corrected chi connectivity index (χ4v) is 8.44. The molecule has 7 aromatic carbocycles. The fourth-order valence-electron chi connectivity index (χ4n) is 6.84. The van der Waals surface area contributed by atoms with Crippen molar-refractivity contribution in [3.8, 4) is 0 Å². The van der Waals surface area contributed by atoms with Crippen LogP contribution >= 0.6 is 0 Å². The molecule has 0 bridgehead atoms. The lowest BCUT2D eigenvalue weighted by Gasteiger charge is -2.11. The maximum atomic E-state index is 12.4. The third-order valence-electron chi connectivity index (χ3n) is 10.4. The monoisotopic (exact) mass is 1200 g/mol. The van der Waals surface area contributed by atoms with Gasteiger partial charge in [-0.25, -0.2) is 4.98 Å². The van der Waals surface area contributed by atoms with E-state index in [1.54, 1.807) is 67.6 Å². The zero-order valence-electron chi connectivity index (χ0n) is 41.6. The smallest absolute Gasteiger partial charge is 0.324 e. The molecule has 0 aliphatic rings. The summed E-state index contributed by atoms with van der Waals surface area (Å²) in [7, 11) is -19.7. The molecule has 32 heteroatoms. The van der Waals surface area contributed by atoms with E-state index in [2.05, 4.69) is 56.2 Å². The molecule has 0 saturated carbocycles. The van der Waals surface area contributed by atoms with Crippen molar-refractivity contribution in [2.24, 2.45) is 40.9 Å². The minimum absolute atomic E-state index is 0.108. The van der Waals surface area contributed by atoms with E-state index in [0.29, 0.717) is 57.0 Å². The molecule has 81 heavy (non-hydrogen) atoms. The van der Waals surface area contributed by atoms with Crippen LogP contribution in [-0.2, 0) is 64.4 Å². The second-order valence-corrected chi connectivity index (χ2v) is 21.4. The standard InChI is InChI=1S/C49H40N12O9S3.2O3S/c1-31-26-33(8-23-43(31)59-57-38-12-10-37(11-13-38)55-56-39-16-21-42(22-17-39)72(65,66)67)28-47-51-48(53-49(52-47)50-35-14-19-41(20-15-35)71(62,63)64)29-34-9-24-44(32(2)27-34)60-61-45-25-18-40(30-46(45)73(68,69)70)58-54-36-6-4-3-5-7-36;2*1-4(2)3/h3-27,30H,28-29H2,1-2H3,(H,62,63,64)(H,65,66,67)(H,68,69,70)(H,50,51,52,53);;. The lowest BCUT2D eigenvalue weighted by Crippen LogP contribution is -2.09. The van der Waals surface area contributed by atoms with Gasteiger partial charge in [0.05, 0.1) is 49.6 Å². The molecule has 0 fully saturated rings. The van der Waals surface area contributed by atoms with E-state index in [4.69, 9.17) is 34.8 Å². The molecule has 416 valence electrons. The van der Waals surface area contributed by atoms with Gasteiger partial charge in [0.1, 0.15) is 22.2 Å². The van der Waals surface area contributed by atoms with Gasteiger partial charge >= 0.3 is 21.2 Å². The van der Waals surface area contributed by atoms with E-state index < -0.39 is 56.5 Å². The summed E-state index contributed by atoms with van der Waals surface area (Å²) in [5.74, 6) is 0.975. The lowest BCUT2D eigenvalue weighted by molar-refractivity contribution is 0.481. The van der Waals surface area contributed by atoms with Gasteiger partial charge in [-0.15, -0.1) is 30.4 Å². The number of benzene rings is 7. The SMILES string of the molecule is Cc1cc(Cc2nc(Cc3ccc(N=Nc4ccc(N=Nc5ccccc5)cc4S(=O)(=O)O)c(C)c3)nc(Nc3ccc(S(=O)(=O)O)cc3)n2)ccc1N=Nc1ccc(N=Nc2ccc(S(=O)(=O)O)cc2)cc1.O=S(=O)=O.O=S(=O)=O. The Balaban J connectivity index is 0.00000124. The highest BCUT2D eigenvalue weighted by molar-refractivity contribution is 7.86. The van der Waals surface area contributed by atoms with E-state index in [0.717, 1.165) is 22.8 Å². The Morgan fingerprint density at radius 2 is 0.765 bits per heavy atom. The summed E-state index contributed by atoms with van der Waals surface area (Å²) in [6.07, 6.45) is 0.525. The largest absolute Gasteiger partial charge is 0.425 e. The summed E-state index contributed by atoms with van der Waals surface area (Å²) < 4.78 is 150. The van der Waals surface area contributed by atoms with Gasteiger partial charge in [0.25, 0.3) is 30.4 Å². The van der Waals surface area contributed by atoms with E-state index in [-0.39, 0.29) is 40.0 Å². The molecule has 0 unspecified atom stereocenters. The van der Waals surface area contributed by atoms with Gasteiger partial charge in [-0.1, -0.05) is 42.5 Å². The van der Waals surface area contributed by atoms with Gasteiger partial charge in [0.2, 0.25) is 5.95 Å². The molecule has 0 spiro atoms. The Morgan fingerprint density at radius 3 is 1.20 bits per heavy atom. The Bertz CT molecular complexity index is 4280. The molecule has 1 aromatic heterocycles. The molecular weight excluding hydrogens is 1160 g/mol. The second-order valence-electron chi connectivity index (χ2n) is 16.4. The normalized spacial score (nSPS) is 11.8. The topological polar surface area (TPSA) is 415 Å². The lowest BCUT2D eigenvalue weighted by atomic mass is 10.1. The van der Waals surface area contributed by atoms with E-state index >= 15 is 0 Å². The molecule has 0 aliphatic heterocycles. The average molecular weight is 1200 g/mol. The number of hydrogen-bond donors (Lipinski definition) is 4. The third-order valence-corrected chi connectivity index (χ3v) is 13.1. The minimum Gasteiger partial charge on any atom is -0.324 e. The highest BCUT2D eigenvalue weighted by atomic mass is 32.2. The van der Waals surface area contributed by atoms with Crippen molar-refractivity contribution >= 4 is 109 Å². The number of aromatic nitrogens is 3. The molecule has 0 aliphatic carbocycles. The van der Waals surface area contributed by atoms with Crippen LogP contribution in [0.25, 0.3) is 0 Å². The summed E-state index contributed by atoms with van der Waals surface area (Å²) in [5, 5.41) is 36.7. The van der Waals surface area contributed by atoms with Gasteiger partial charge in [0, 0.05) is 18.5 Å². The Morgan fingerprint density at radius 1 is 0.407 bits per heavy atom. The van der Waals surface area contributed by atoms with Crippen LogP contribution in [0.1, 0.15) is 33.9 Å². The summed E-state index contributed by atoms with van der Waals surface area (Å²) in [4.78, 5) is 13.1. The van der Waals surface area contributed by atoms with Gasteiger partial charge in [-0.3, -0.25) is 13.7 Å². The molecule has 27 nitrogen and oxygen atoms in total. The van der Waals surface area contributed by atoms with Crippen molar-refractivity contribution in [1.29, 1.82) is 0 Å². The number of rotatable bonds is 17. The molecular formula is C49H40N12O15S5. The van der Waals surface area contributed by atoms with E-state index in [1.165, 1.54) is 60.7 Å². The number of nitrogens with zero attached hydrogens (tertiary/aromatic N) is 11.